The number of aromatic hydroxyl groups is 1. The molecule has 1 aromatic heterocycles. The van der Waals surface area contributed by atoms with Crippen molar-refractivity contribution in [3.63, 3.8) is 0 Å². The highest BCUT2D eigenvalue weighted by atomic mass is 19.4. The SMILES string of the molecule is COc1cc(C=C2C(C)=C(CC(=O)NCc3cocn3)c3cc(OC(F)(F)F)ccc32)cc(OC)c1O. The van der Waals surface area contributed by atoms with Crippen molar-refractivity contribution in [3.05, 3.63) is 70.9 Å². The van der Waals surface area contributed by atoms with Gasteiger partial charge in [-0.2, -0.15) is 0 Å². The lowest BCUT2D eigenvalue weighted by Crippen LogP contribution is -2.23. The van der Waals surface area contributed by atoms with Crippen LogP contribution in [0.3, 0.4) is 0 Å². The molecule has 37 heavy (non-hydrogen) atoms. The molecule has 3 aromatic rings. The Morgan fingerprint density at radius 2 is 1.84 bits per heavy atom. The Hall–Kier alpha value is -4.41. The van der Waals surface area contributed by atoms with Crippen LogP contribution in [0.5, 0.6) is 23.0 Å². The van der Waals surface area contributed by atoms with Crippen molar-refractivity contribution < 1.29 is 41.7 Å². The van der Waals surface area contributed by atoms with Crippen LogP contribution in [0.4, 0.5) is 13.2 Å². The monoisotopic (exact) mass is 516 g/mol. The van der Waals surface area contributed by atoms with Crippen LogP contribution in [0.1, 0.15) is 35.7 Å². The first-order valence-corrected chi connectivity index (χ1v) is 11.0. The summed E-state index contributed by atoms with van der Waals surface area (Å²) in [4.78, 5) is 16.7. The number of nitrogens with zero attached hydrogens (tertiary/aromatic N) is 1. The maximum absolute atomic E-state index is 12.9. The Kier molecular flexibility index (Phi) is 7.14. The van der Waals surface area contributed by atoms with E-state index in [0.717, 1.165) is 0 Å². The van der Waals surface area contributed by atoms with Gasteiger partial charge in [-0.1, -0.05) is 6.07 Å². The Bertz CT molecular complexity index is 1350. The van der Waals surface area contributed by atoms with Crippen LogP contribution in [-0.2, 0) is 11.3 Å². The Balaban J connectivity index is 1.74. The first kappa shape index (κ1) is 25.7. The second-order valence-corrected chi connectivity index (χ2v) is 8.12. The summed E-state index contributed by atoms with van der Waals surface area (Å²) < 4.78 is 58.1. The third kappa shape index (κ3) is 5.71. The first-order valence-electron chi connectivity index (χ1n) is 11.0. The molecule has 0 bridgehead atoms. The summed E-state index contributed by atoms with van der Waals surface area (Å²) in [5, 5.41) is 13.0. The highest BCUT2D eigenvalue weighted by Crippen LogP contribution is 2.46. The number of ether oxygens (including phenoxy) is 3. The zero-order valence-electron chi connectivity index (χ0n) is 20.1. The van der Waals surface area contributed by atoms with Gasteiger partial charge in [0.1, 0.15) is 12.0 Å². The predicted octanol–water partition coefficient (Wildman–Crippen LogP) is 5.33. The van der Waals surface area contributed by atoms with Crippen molar-refractivity contribution >= 4 is 23.1 Å². The van der Waals surface area contributed by atoms with Crippen molar-refractivity contribution in [1.29, 1.82) is 0 Å². The molecule has 0 saturated carbocycles. The number of allylic oxidation sites excluding steroid dienone is 2. The third-order valence-electron chi connectivity index (χ3n) is 5.80. The molecule has 0 atom stereocenters. The molecule has 0 unspecified atom stereocenters. The average molecular weight is 516 g/mol. The molecule has 11 heteroatoms. The molecular formula is C26H23F3N2O6. The van der Waals surface area contributed by atoms with Gasteiger partial charge in [0.15, 0.2) is 17.9 Å². The number of aromatic nitrogens is 1. The van der Waals surface area contributed by atoms with Crippen LogP contribution in [0.15, 0.2) is 53.0 Å². The van der Waals surface area contributed by atoms with E-state index in [4.69, 9.17) is 13.9 Å². The Morgan fingerprint density at radius 1 is 1.14 bits per heavy atom. The number of phenols is 1. The van der Waals surface area contributed by atoms with Gasteiger partial charge in [0, 0.05) is 0 Å². The molecule has 2 aromatic carbocycles. The minimum absolute atomic E-state index is 0.0916. The van der Waals surface area contributed by atoms with E-state index in [9.17, 15) is 23.1 Å². The summed E-state index contributed by atoms with van der Waals surface area (Å²) in [5.74, 6) is -0.530. The number of alkyl halides is 3. The van der Waals surface area contributed by atoms with Crippen molar-refractivity contribution in [3.8, 4) is 23.0 Å². The van der Waals surface area contributed by atoms with Gasteiger partial charge in [-0.15, -0.1) is 13.2 Å². The molecule has 1 aliphatic rings. The summed E-state index contributed by atoms with van der Waals surface area (Å²) in [7, 11) is 2.80. The molecule has 0 spiro atoms. The summed E-state index contributed by atoms with van der Waals surface area (Å²) >= 11 is 0. The molecule has 1 amide bonds. The number of methoxy groups -OCH3 is 2. The average Bonchev–Trinajstić information content (AvgIpc) is 3.45. The second kappa shape index (κ2) is 10.3. The molecule has 4 rings (SSSR count). The van der Waals surface area contributed by atoms with E-state index in [0.29, 0.717) is 39.1 Å². The number of carbonyl (C=O) groups is 1. The van der Waals surface area contributed by atoms with Gasteiger partial charge < -0.3 is 29.1 Å². The number of benzene rings is 2. The molecule has 1 aliphatic carbocycles. The number of fused-ring (bicyclic) bond motifs is 1. The smallest absolute Gasteiger partial charge is 0.502 e. The number of amides is 1. The van der Waals surface area contributed by atoms with Gasteiger partial charge >= 0.3 is 6.36 Å². The molecule has 194 valence electrons. The van der Waals surface area contributed by atoms with Crippen LogP contribution in [0, 0.1) is 0 Å². The van der Waals surface area contributed by atoms with Gasteiger partial charge in [-0.25, -0.2) is 4.98 Å². The highest BCUT2D eigenvalue weighted by Gasteiger charge is 2.33. The van der Waals surface area contributed by atoms with Crippen molar-refractivity contribution in [2.45, 2.75) is 26.3 Å². The van der Waals surface area contributed by atoms with E-state index in [2.05, 4.69) is 15.0 Å². The number of hydrogen-bond donors (Lipinski definition) is 2. The standard InChI is InChI=1S/C26H23F3N2O6/c1-14-19(6-15-7-22(34-2)25(33)23(8-15)35-3)18-5-4-17(37-26(27,28)29)9-21(18)20(14)10-24(32)30-11-16-12-36-13-31-16/h4-9,12-13,33H,10-11H2,1-3H3,(H,30,32). The minimum Gasteiger partial charge on any atom is -0.502 e. The van der Waals surface area contributed by atoms with E-state index < -0.39 is 12.1 Å². The van der Waals surface area contributed by atoms with Gasteiger partial charge in [0.25, 0.3) is 0 Å². The fourth-order valence-electron chi connectivity index (χ4n) is 4.09. The number of carbonyl (C=O) groups excluding carboxylic acids is 1. The van der Waals surface area contributed by atoms with E-state index >= 15 is 0 Å². The highest BCUT2D eigenvalue weighted by molar-refractivity contribution is 6.08. The molecule has 8 nitrogen and oxygen atoms in total. The van der Waals surface area contributed by atoms with E-state index in [1.165, 1.54) is 45.1 Å². The van der Waals surface area contributed by atoms with E-state index in [-0.39, 0.29) is 36.1 Å². The lowest BCUT2D eigenvalue weighted by atomic mass is 10.00. The first-order chi connectivity index (χ1) is 17.6. The van der Waals surface area contributed by atoms with Crippen LogP contribution >= 0.6 is 0 Å². The number of hydrogen-bond acceptors (Lipinski definition) is 7. The van der Waals surface area contributed by atoms with Crippen molar-refractivity contribution in [2.75, 3.05) is 14.2 Å². The van der Waals surface area contributed by atoms with Crippen LogP contribution in [-0.4, -0.2) is 36.6 Å². The van der Waals surface area contributed by atoms with Gasteiger partial charge in [-0.3, -0.25) is 4.79 Å². The normalized spacial score (nSPS) is 14.1. The number of oxazole rings is 1. The minimum atomic E-state index is -4.86. The maximum atomic E-state index is 12.9. The Morgan fingerprint density at radius 3 is 2.43 bits per heavy atom. The fraction of sp³-hybridized carbons (Fsp3) is 0.231. The number of nitrogens with one attached hydrogen (secondary N) is 1. The van der Waals surface area contributed by atoms with Crippen LogP contribution in [0.2, 0.25) is 0 Å². The molecule has 0 aliphatic heterocycles. The summed E-state index contributed by atoms with van der Waals surface area (Å²) in [6.45, 7) is 1.92. The predicted molar refractivity (Wildman–Crippen MR) is 128 cm³/mol. The number of phenolic OH excluding ortho intramolecular Hbond substituents is 1. The zero-order chi connectivity index (χ0) is 26.7. The van der Waals surface area contributed by atoms with E-state index in [1.807, 2.05) is 0 Å². The maximum Gasteiger partial charge on any atom is 0.573 e. The molecule has 0 radical (unpaired) electrons. The number of halogens is 3. The second-order valence-electron chi connectivity index (χ2n) is 8.12. The molecular weight excluding hydrogens is 493 g/mol. The lowest BCUT2D eigenvalue weighted by molar-refractivity contribution is -0.274. The van der Waals surface area contributed by atoms with E-state index in [1.54, 1.807) is 25.1 Å². The summed E-state index contributed by atoms with van der Waals surface area (Å²) in [5.41, 5.74) is 4.13. The van der Waals surface area contributed by atoms with Gasteiger partial charge in [0.05, 0.1) is 32.9 Å². The van der Waals surface area contributed by atoms with Crippen LogP contribution < -0.4 is 19.5 Å². The fourth-order valence-corrected chi connectivity index (χ4v) is 4.09. The molecule has 0 fully saturated rings. The lowest BCUT2D eigenvalue weighted by Gasteiger charge is -2.12. The van der Waals surface area contributed by atoms with Crippen molar-refractivity contribution in [1.82, 2.24) is 10.3 Å². The van der Waals surface area contributed by atoms with Gasteiger partial charge in [-0.05, 0) is 70.7 Å². The Labute approximate surface area is 210 Å². The van der Waals surface area contributed by atoms with Crippen LogP contribution in [0.25, 0.3) is 17.2 Å². The molecule has 1 heterocycles. The summed E-state index contributed by atoms with van der Waals surface area (Å²) in [6.07, 6.45) is -0.529. The largest absolute Gasteiger partial charge is 0.573 e. The number of rotatable bonds is 8. The third-order valence-corrected chi connectivity index (χ3v) is 5.80. The zero-order valence-corrected chi connectivity index (χ0v) is 20.1. The topological polar surface area (TPSA) is 103 Å². The molecule has 2 N–H and O–H groups in total. The quantitative estimate of drug-likeness (QED) is 0.417. The summed E-state index contributed by atoms with van der Waals surface area (Å²) in [6, 6.07) is 7.20. The van der Waals surface area contributed by atoms with Gasteiger partial charge in [0.2, 0.25) is 11.7 Å². The van der Waals surface area contributed by atoms with Crippen molar-refractivity contribution in [2.24, 2.45) is 0 Å². The molecule has 0 saturated heterocycles.